The topological polar surface area (TPSA) is 108 Å². The summed E-state index contributed by atoms with van der Waals surface area (Å²) in [5.74, 6) is -1.14. The molecule has 3 aromatic carbocycles. The van der Waals surface area contributed by atoms with Crippen LogP contribution in [0.25, 0.3) is 0 Å². The Kier molecular flexibility index (Phi) is 8.93. The molecule has 0 aliphatic carbocycles. The zero-order chi connectivity index (χ0) is 27.2. The predicted octanol–water partition coefficient (Wildman–Crippen LogP) is 4.04. The van der Waals surface area contributed by atoms with Gasteiger partial charge in [0, 0.05) is 25.5 Å². The molecule has 0 aromatic heterocycles. The average molecular weight is 535 g/mol. The van der Waals surface area contributed by atoms with Crippen molar-refractivity contribution in [3.05, 3.63) is 77.4 Å². The molecule has 1 amide bonds. The van der Waals surface area contributed by atoms with Crippen molar-refractivity contribution in [3.63, 3.8) is 0 Å². The van der Waals surface area contributed by atoms with E-state index in [-0.39, 0.29) is 53.5 Å². The van der Waals surface area contributed by atoms with Gasteiger partial charge >= 0.3 is 0 Å². The van der Waals surface area contributed by atoms with Gasteiger partial charge in [0.1, 0.15) is 17.4 Å². The van der Waals surface area contributed by atoms with Crippen LogP contribution in [0.5, 0.6) is 17.2 Å². The number of anilines is 1. The third-order valence-electron chi connectivity index (χ3n) is 5.67. The maximum absolute atomic E-state index is 14.5. The lowest BCUT2D eigenvalue weighted by molar-refractivity contribution is -0.118. The van der Waals surface area contributed by atoms with Crippen LogP contribution in [0.4, 0.5) is 14.5 Å². The zero-order valence-electron chi connectivity index (χ0n) is 20.7. The first-order chi connectivity index (χ1) is 17.6. The zero-order valence-corrected chi connectivity index (χ0v) is 21.5. The van der Waals surface area contributed by atoms with E-state index >= 15 is 0 Å². The van der Waals surface area contributed by atoms with E-state index in [2.05, 4.69) is 0 Å². The van der Waals surface area contributed by atoms with Gasteiger partial charge in [0.25, 0.3) is 10.0 Å². The SMILES string of the molecule is COc1ccc(S(=O)(=O)N(CCCC(N)=O)c2c(Cc3cc(F)ccc3F)cccc2OC)cc1OC. The van der Waals surface area contributed by atoms with Gasteiger partial charge in [-0.05, 0) is 53.9 Å². The summed E-state index contributed by atoms with van der Waals surface area (Å²) in [6, 6.07) is 12.0. The number of carbonyl (C=O) groups is 1. The third kappa shape index (κ3) is 6.29. The van der Waals surface area contributed by atoms with E-state index in [1.165, 1.54) is 39.5 Å². The molecule has 0 atom stereocenters. The molecule has 0 heterocycles. The molecule has 3 aromatic rings. The Morgan fingerprint density at radius 3 is 2.24 bits per heavy atom. The molecule has 11 heteroatoms. The highest BCUT2D eigenvalue weighted by Gasteiger charge is 2.30. The van der Waals surface area contributed by atoms with E-state index in [0.717, 1.165) is 22.5 Å². The molecule has 0 bridgehead atoms. The van der Waals surface area contributed by atoms with Gasteiger partial charge in [0.2, 0.25) is 5.91 Å². The third-order valence-corrected chi connectivity index (χ3v) is 7.46. The Balaban J connectivity index is 2.20. The number of amides is 1. The molecule has 198 valence electrons. The quantitative estimate of drug-likeness (QED) is 0.376. The monoisotopic (exact) mass is 534 g/mol. The normalized spacial score (nSPS) is 11.2. The number of nitrogens with zero attached hydrogens (tertiary/aromatic N) is 1. The smallest absolute Gasteiger partial charge is 0.264 e. The van der Waals surface area contributed by atoms with Crippen molar-refractivity contribution in [2.45, 2.75) is 24.2 Å². The van der Waals surface area contributed by atoms with Crippen molar-refractivity contribution < 1.29 is 36.2 Å². The summed E-state index contributed by atoms with van der Waals surface area (Å²) in [6.07, 6.45) is -0.0848. The van der Waals surface area contributed by atoms with E-state index in [9.17, 15) is 22.0 Å². The molecule has 3 rings (SSSR count). The maximum atomic E-state index is 14.5. The number of hydrogen-bond donors (Lipinski definition) is 1. The van der Waals surface area contributed by atoms with Crippen LogP contribution in [0.15, 0.2) is 59.5 Å². The second-order valence-corrected chi connectivity index (χ2v) is 9.91. The molecule has 0 saturated carbocycles. The summed E-state index contributed by atoms with van der Waals surface area (Å²) >= 11 is 0. The first kappa shape index (κ1) is 27.7. The van der Waals surface area contributed by atoms with Gasteiger partial charge in [-0.3, -0.25) is 9.10 Å². The van der Waals surface area contributed by atoms with Gasteiger partial charge in [-0.15, -0.1) is 0 Å². The number of rotatable bonds is 12. The minimum Gasteiger partial charge on any atom is -0.495 e. The van der Waals surface area contributed by atoms with Gasteiger partial charge in [-0.2, -0.15) is 0 Å². The first-order valence-electron chi connectivity index (χ1n) is 11.2. The number of hydrogen-bond acceptors (Lipinski definition) is 6. The summed E-state index contributed by atoms with van der Waals surface area (Å²) in [6.45, 7) is -0.140. The van der Waals surface area contributed by atoms with Crippen LogP contribution in [-0.2, 0) is 21.2 Å². The Morgan fingerprint density at radius 1 is 0.892 bits per heavy atom. The fourth-order valence-corrected chi connectivity index (χ4v) is 5.46. The number of methoxy groups -OCH3 is 3. The minimum absolute atomic E-state index is 0.0371. The Labute approximate surface area is 214 Å². The number of ether oxygens (including phenoxy) is 3. The number of para-hydroxylation sites is 1. The van der Waals surface area contributed by atoms with E-state index in [1.807, 2.05) is 0 Å². The van der Waals surface area contributed by atoms with Crippen LogP contribution in [0.3, 0.4) is 0 Å². The lowest BCUT2D eigenvalue weighted by Gasteiger charge is -2.28. The highest BCUT2D eigenvalue weighted by Crippen LogP contribution is 2.39. The molecule has 37 heavy (non-hydrogen) atoms. The molecule has 0 radical (unpaired) electrons. The van der Waals surface area contributed by atoms with Crippen LogP contribution < -0.4 is 24.2 Å². The highest BCUT2D eigenvalue weighted by molar-refractivity contribution is 7.92. The van der Waals surface area contributed by atoms with Gasteiger partial charge < -0.3 is 19.9 Å². The molecular weight excluding hydrogens is 506 g/mol. The standard InChI is InChI=1S/C26H28F2N2O6S/c1-34-22-12-10-20(16-24(22)36-3)37(32,33)30(13-5-8-25(29)31)26-17(6-4-7-23(26)35-2)14-18-15-19(27)9-11-21(18)28/h4,6-7,9-12,15-16H,5,8,13-14H2,1-3H3,(H2,29,31). The van der Waals surface area contributed by atoms with Crippen molar-refractivity contribution in [1.29, 1.82) is 0 Å². The molecule has 0 spiro atoms. The molecule has 0 saturated heterocycles. The van der Waals surface area contributed by atoms with Crippen LogP contribution >= 0.6 is 0 Å². The van der Waals surface area contributed by atoms with Gasteiger partial charge in [-0.25, -0.2) is 17.2 Å². The fraction of sp³-hybridized carbons (Fsp3) is 0.269. The Bertz CT molecular complexity index is 1380. The summed E-state index contributed by atoms with van der Waals surface area (Å²) in [5.41, 5.74) is 5.82. The van der Waals surface area contributed by atoms with Crippen molar-refractivity contribution in [3.8, 4) is 17.2 Å². The molecule has 0 fully saturated rings. The van der Waals surface area contributed by atoms with E-state index < -0.39 is 27.6 Å². The van der Waals surface area contributed by atoms with Crippen molar-refractivity contribution >= 4 is 21.6 Å². The van der Waals surface area contributed by atoms with Crippen LogP contribution in [0, 0.1) is 11.6 Å². The summed E-state index contributed by atoms with van der Waals surface area (Å²) in [4.78, 5) is 11.3. The maximum Gasteiger partial charge on any atom is 0.264 e. The van der Waals surface area contributed by atoms with Crippen LogP contribution in [-0.4, -0.2) is 42.2 Å². The predicted molar refractivity (Wildman–Crippen MR) is 135 cm³/mol. The molecule has 8 nitrogen and oxygen atoms in total. The average Bonchev–Trinajstić information content (AvgIpc) is 2.88. The molecule has 2 N–H and O–H groups in total. The summed E-state index contributed by atoms with van der Waals surface area (Å²) in [7, 11) is -0.101. The number of nitrogens with two attached hydrogens (primary N) is 1. The van der Waals surface area contributed by atoms with Gasteiger partial charge in [0.15, 0.2) is 11.5 Å². The van der Waals surface area contributed by atoms with E-state index in [1.54, 1.807) is 18.2 Å². The second kappa shape index (κ2) is 11.9. The molecule has 0 unspecified atom stereocenters. The summed E-state index contributed by atoms with van der Waals surface area (Å²) < 4.78 is 73.4. The Morgan fingerprint density at radius 2 is 1.59 bits per heavy atom. The number of halogens is 2. The van der Waals surface area contributed by atoms with E-state index in [0.29, 0.717) is 11.3 Å². The van der Waals surface area contributed by atoms with Crippen molar-refractivity contribution in [2.75, 3.05) is 32.2 Å². The largest absolute Gasteiger partial charge is 0.495 e. The second-order valence-electron chi connectivity index (χ2n) is 8.04. The van der Waals surface area contributed by atoms with Crippen molar-refractivity contribution in [2.24, 2.45) is 5.73 Å². The highest BCUT2D eigenvalue weighted by atomic mass is 32.2. The van der Waals surface area contributed by atoms with Gasteiger partial charge in [0.05, 0.1) is 31.9 Å². The fourth-order valence-electron chi connectivity index (χ4n) is 3.90. The molecule has 0 aliphatic heterocycles. The molecule has 0 aliphatic rings. The van der Waals surface area contributed by atoms with Gasteiger partial charge in [-0.1, -0.05) is 12.1 Å². The van der Waals surface area contributed by atoms with Crippen LogP contribution in [0.1, 0.15) is 24.0 Å². The number of primary amides is 1. The Hall–Kier alpha value is -3.86. The number of sulfonamides is 1. The first-order valence-corrected chi connectivity index (χ1v) is 12.7. The lowest BCUT2D eigenvalue weighted by Crippen LogP contribution is -2.34. The van der Waals surface area contributed by atoms with E-state index in [4.69, 9.17) is 19.9 Å². The minimum atomic E-state index is -4.28. The molecular formula is C26H28F2N2O6S. The lowest BCUT2D eigenvalue weighted by atomic mass is 10.0. The number of carbonyl (C=O) groups excluding carboxylic acids is 1. The van der Waals surface area contributed by atoms with Crippen molar-refractivity contribution in [1.82, 2.24) is 0 Å². The van der Waals surface area contributed by atoms with Crippen LogP contribution in [0.2, 0.25) is 0 Å². The number of benzene rings is 3. The summed E-state index contributed by atoms with van der Waals surface area (Å²) in [5, 5.41) is 0.